The smallest absolute Gasteiger partial charge is 0.0497 e. The van der Waals surface area contributed by atoms with Crippen molar-refractivity contribution in [2.45, 2.75) is 34.1 Å². The van der Waals surface area contributed by atoms with Crippen molar-refractivity contribution < 1.29 is 0 Å². The van der Waals surface area contributed by atoms with Gasteiger partial charge in [0.05, 0.1) is 0 Å². The molecular weight excluding hydrogens is 520 g/mol. The lowest BCUT2D eigenvalue weighted by Gasteiger charge is -2.33. The summed E-state index contributed by atoms with van der Waals surface area (Å²) in [6, 6.07) is 52.1. The number of benzene rings is 6. The molecule has 0 radical (unpaired) electrons. The van der Waals surface area contributed by atoms with Gasteiger partial charge in [0.1, 0.15) is 0 Å². The second kappa shape index (κ2) is 12.4. The third-order valence-electron chi connectivity index (χ3n) is 8.01. The van der Waals surface area contributed by atoms with Crippen molar-refractivity contribution in [1.29, 1.82) is 0 Å². The van der Waals surface area contributed by atoms with Gasteiger partial charge < -0.3 is 9.80 Å². The Bertz CT molecular complexity index is 1650. The molecule has 1 aliphatic heterocycles. The number of nitrogens with zero attached hydrogens (tertiary/aromatic N) is 2. The summed E-state index contributed by atoms with van der Waals surface area (Å²) in [5.74, 6) is 0. The molecule has 0 aliphatic carbocycles. The molecule has 0 unspecified atom stereocenters. The summed E-state index contributed by atoms with van der Waals surface area (Å²) in [4.78, 5) is 4.66. The van der Waals surface area contributed by atoms with E-state index in [1.165, 1.54) is 67.5 Å². The zero-order chi connectivity index (χ0) is 29.8. The Labute approximate surface area is 256 Å². The number of rotatable bonds is 4. The number of fused-ring (bicyclic) bond motifs is 2. The summed E-state index contributed by atoms with van der Waals surface area (Å²) in [7, 11) is 0. The SMILES string of the molecule is Cc1ccc(N(c2ccc(C)cc2)c2ccc(C)cc2)cc1.Cc1ccc(N2c3ccccc3Cc3ccccc32)cc1. The number of para-hydroxylation sites is 2. The lowest BCUT2D eigenvalue weighted by molar-refractivity contribution is 1.09. The Kier molecular flexibility index (Phi) is 8.11. The molecule has 0 saturated carbocycles. The molecule has 0 fully saturated rings. The molecule has 0 saturated heterocycles. The standard InChI is InChI=1S/C21H21N.C20H17N/c1-16-4-10-19(11-5-16)22(20-12-6-17(2)7-13-20)21-14-8-18(3)9-15-21;1-15-10-12-18(13-11-15)21-19-8-4-2-6-16(19)14-17-7-3-5-9-20(17)21/h4-15H,1-3H3;2-13H,14H2,1H3. The van der Waals surface area contributed by atoms with Crippen molar-refractivity contribution >= 4 is 34.1 Å². The van der Waals surface area contributed by atoms with Crippen LogP contribution >= 0.6 is 0 Å². The summed E-state index contributed by atoms with van der Waals surface area (Å²) in [6.07, 6.45) is 1.01. The van der Waals surface area contributed by atoms with E-state index < -0.39 is 0 Å². The largest absolute Gasteiger partial charge is 0.311 e. The summed E-state index contributed by atoms with van der Waals surface area (Å²) in [5, 5.41) is 0. The van der Waals surface area contributed by atoms with Crippen LogP contribution in [0.5, 0.6) is 0 Å². The monoisotopic (exact) mass is 558 g/mol. The Balaban J connectivity index is 0.000000153. The second-order valence-electron chi connectivity index (χ2n) is 11.4. The highest BCUT2D eigenvalue weighted by molar-refractivity contribution is 5.83. The fourth-order valence-corrected chi connectivity index (χ4v) is 5.59. The molecule has 0 amide bonds. The minimum absolute atomic E-state index is 1.01. The highest BCUT2D eigenvalue weighted by atomic mass is 15.2. The molecule has 1 aliphatic rings. The van der Waals surface area contributed by atoms with Crippen LogP contribution in [0.25, 0.3) is 0 Å². The van der Waals surface area contributed by atoms with Gasteiger partial charge in [0, 0.05) is 40.5 Å². The number of aryl methyl sites for hydroxylation is 4. The van der Waals surface area contributed by atoms with Crippen LogP contribution in [-0.4, -0.2) is 0 Å². The zero-order valence-corrected chi connectivity index (χ0v) is 25.5. The fourth-order valence-electron chi connectivity index (χ4n) is 5.59. The van der Waals surface area contributed by atoms with Gasteiger partial charge in [-0.2, -0.15) is 0 Å². The van der Waals surface area contributed by atoms with Crippen LogP contribution in [0.15, 0.2) is 146 Å². The third kappa shape index (κ3) is 6.24. The van der Waals surface area contributed by atoms with E-state index in [1.54, 1.807) is 0 Å². The lowest BCUT2D eigenvalue weighted by Crippen LogP contribution is -2.18. The topological polar surface area (TPSA) is 6.48 Å². The van der Waals surface area contributed by atoms with Gasteiger partial charge in [0.2, 0.25) is 0 Å². The van der Waals surface area contributed by atoms with Gasteiger partial charge in [-0.15, -0.1) is 0 Å². The normalized spacial score (nSPS) is 11.6. The quantitative estimate of drug-likeness (QED) is 0.212. The van der Waals surface area contributed by atoms with E-state index in [4.69, 9.17) is 0 Å². The molecule has 1 heterocycles. The number of hydrogen-bond donors (Lipinski definition) is 0. The summed E-state index contributed by atoms with van der Waals surface area (Å²) >= 11 is 0. The number of anilines is 6. The molecule has 2 heteroatoms. The van der Waals surface area contributed by atoms with Crippen LogP contribution in [0.1, 0.15) is 33.4 Å². The van der Waals surface area contributed by atoms with Crippen LogP contribution in [-0.2, 0) is 6.42 Å². The van der Waals surface area contributed by atoms with E-state index in [1.807, 2.05) is 0 Å². The summed E-state index contributed by atoms with van der Waals surface area (Å²) in [5.41, 5.74) is 15.2. The van der Waals surface area contributed by atoms with Gasteiger partial charge in [-0.25, -0.2) is 0 Å². The van der Waals surface area contributed by atoms with Gasteiger partial charge in [0.25, 0.3) is 0 Å². The number of hydrogen-bond acceptors (Lipinski definition) is 2. The van der Waals surface area contributed by atoms with Gasteiger partial charge in [-0.3, -0.25) is 0 Å². The van der Waals surface area contributed by atoms with Crippen molar-refractivity contribution in [2.75, 3.05) is 9.80 Å². The maximum absolute atomic E-state index is 2.37. The Morgan fingerprint density at radius 2 is 0.721 bits per heavy atom. The summed E-state index contributed by atoms with van der Waals surface area (Å²) in [6.45, 7) is 8.48. The maximum atomic E-state index is 2.37. The Morgan fingerprint density at radius 1 is 0.395 bits per heavy atom. The van der Waals surface area contributed by atoms with Crippen LogP contribution in [0.4, 0.5) is 34.1 Å². The molecule has 2 nitrogen and oxygen atoms in total. The van der Waals surface area contributed by atoms with Crippen LogP contribution < -0.4 is 9.80 Å². The molecule has 0 atom stereocenters. The van der Waals surface area contributed by atoms with Crippen molar-refractivity contribution in [3.63, 3.8) is 0 Å². The predicted octanol–water partition coefficient (Wildman–Crippen LogP) is 11.5. The molecule has 7 rings (SSSR count). The summed E-state index contributed by atoms with van der Waals surface area (Å²) < 4.78 is 0. The van der Waals surface area contributed by atoms with Crippen LogP contribution in [0, 0.1) is 27.7 Å². The van der Waals surface area contributed by atoms with Crippen molar-refractivity contribution in [3.8, 4) is 0 Å². The molecule has 0 bridgehead atoms. The van der Waals surface area contributed by atoms with Gasteiger partial charge >= 0.3 is 0 Å². The minimum atomic E-state index is 1.01. The molecule has 43 heavy (non-hydrogen) atoms. The molecule has 0 aromatic heterocycles. The lowest BCUT2D eigenvalue weighted by atomic mass is 9.95. The van der Waals surface area contributed by atoms with Crippen molar-refractivity contribution in [2.24, 2.45) is 0 Å². The van der Waals surface area contributed by atoms with Gasteiger partial charge in [-0.05, 0) is 99.5 Å². The molecule has 0 spiro atoms. The van der Waals surface area contributed by atoms with Crippen molar-refractivity contribution in [3.05, 3.63) is 179 Å². The van der Waals surface area contributed by atoms with E-state index in [-0.39, 0.29) is 0 Å². The average molecular weight is 559 g/mol. The molecule has 0 N–H and O–H groups in total. The first-order valence-corrected chi connectivity index (χ1v) is 15.0. The third-order valence-corrected chi connectivity index (χ3v) is 8.01. The molecular formula is C41H38N2. The highest BCUT2D eigenvalue weighted by Gasteiger charge is 2.23. The van der Waals surface area contributed by atoms with Gasteiger partial charge in [-0.1, -0.05) is 107 Å². The Morgan fingerprint density at radius 3 is 1.09 bits per heavy atom. The van der Waals surface area contributed by atoms with E-state index in [2.05, 4.69) is 183 Å². The van der Waals surface area contributed by atoms with Crippen LogP contribution in [0.3, 0.4) is 0 Å². The highest BCUT2D eigenvalue weighted by Crippen LogP contribution is 2.43. The Hall–Kier alpha value is -5.08. The first-order chi connectivity index (χ1) is 21.0. The minimum Gasteiger partial charge on any atom is -0.311 e. The molecule has 212 valence electrons. The first kappa shape index (κ1) is 28.1. The van der Waals surface area contributed by atoms with Crippen molar-refractivity contribution in [1.82, 2.24) is 0 Å². The predicted molar refractivity (Wildman–Crippen MR) is 184 cm³/mol. The van der Waals surface area contributed by atoms with E-state index >= 15 is 0 Å². The zero-order valence-electron chi connectivity index (χ0n) is 25.5. The first-order valence-electron chi connectivity index (χ1n) is 15.0. The fraction of sp³-hybridized carbons (Fsp3) is 0.122. The molecule has 6 aromatic rings. The van der Waals surface area contributed by atoms with Crippen LogP contribution in [0.2, 0.25) is 0 Å². The average Bonchev–Trinajstić information content (AvgIpc) is 3.03. The maximum Gasteiger partial charge on any atom is 0.0497 e. The molecule has 6 aromatic carbocycles. The van der Waals surface area contributed by atoms with Gasteiger partial charge in [0.15, 0.2) is 0 Å². The van der Waals surface area contributed by atoms with E-state index in [0.29, 0.717) is 0 Å². The van der Waals surface area contributed by atoms with E-state index in [9.17, 15) is 0 Å². The second-order valence-corrected chi connectivity index (χ2v) is 11.4. The van der Waals surface area contributed by atoms with E-state index in [0.717, 1.165) is 6.42 Å².